The van der Waals surface area contributed by atoms with Gasteiger partial charge in [0.05, 0.1) is 18.7 Å². The Labute approximate surface area is 105 Å². The van der Waals surface area contributed by atoms with Gasteiger partial charge in [-0.05, 0) is 5.92 Å². The molecule has 1 aliphatic rings. The lowest BCUT2D eigenvalue weighted by molar-refractivity contribution is -0.134. The highest BCUT2D eigenvalue weighted by atomic mass is 35.5. The van der Waals surface area contributed by atoms with Crippen LogP contribution in [0.1, 0.15) is 20.3 Å². The number of nitriles is 1. The van der Waals surface area contributed by atoms with Gasteiger partial charge in [0.15, 0.2) is 0 Å². The number of nitrogens with zero attached hydrogens (tertiary/aromatic N) is 2. The molecule has 2 N–H and O–H groups in total. The zero-order valence-electron chi connectivity index (χ0n) is 9.69. The molecular weight excluding hydrogens is 252 g/mol. The molecule has 1 aliphatic heterocycles. The fourth-order valence-electron chi connectivity index (χ4n) is 1.64. The molecule has 0 aromatic carbocycles. The van der Waals surface area contributed by atoms with Crippen molar-refractivity contribution in [2.75, 3.05) is 6.54 Å². The van der Waals surface area contributed by atoms with Crippen molar-refractivity contribution < 1.29 is 13.6 Å². The van der Waals surface area contributed by atoms with Crippen LogP contribution in [0.25, 0.3) is 0 Å². The Bertz CT molecular complexity index is 330. The summed E-state index contributed by atoms with van der Waals surface area (Å²) >= 11 is 0. The third-order valence-electron chi connectivity index (χ3n) is 2.71. The highest BCUT2D eigenvalue weighted by molar-refractivity contribution is 5.85. The molecule has 0 radical (unpaired) electrons. The average molecular weight is 268 g/mol. The van der Waals surface area contributed by atoms with Crippen molar-refractivity contribution in [1.29, 1.82) is 5.26 Å². The van der Waals surface area contributed by atoms with Crippen LogP contribution in [-0.2, 0) is 4.79 Å². The standard InChI is InChI=1S/C10H15F2N3O.ClH/c1-6(2)8(14)9(16)15-5-10(11,12)3-7(15)4-13;/h6-8H,3,5,14H2,1-2H3;1H/t7-,8?;/m0./s1. The molecule has 0 aromatic heterocycles. The highest BCUT2D eigenvalue weighted by Gasteiger charge is 2.48. The van der Waals surface area contributed by atoms with Crippen molar-refractivity contribution in [2.45, 2.75) is 38.3 Å². The number of alkyl halides is 2. The summed E-state index contributed by atoms with van der Waals surface area (Å²) in [5.41, 5.74) is 5.60. The topological polar surface area (TPSA) is 70.1 Å². The van der Waals surface area contributed by atoms with E-state index in [1.807, 2.05) is 0 Å². The summed E-state index contributed by atoms with van der Waals surface area (Å²) in [7, 11) is 0. The third-order valence-corrected chi connectivity index (χ3v) is 2.71. The summed E-state index contributed by atoms with van der Waals surface area (Å²) in [4.78, 5) is 12.7. The maximum absolute atomic E-state index is 13.1. The first-order chi connectivity index (χ1) is 7.28. The van der Waals surface area contributed by atoms with Crippen molar-refractivity contribution >= 4 is 18.3 Å². The van der Waals surface area contributed by atoms with Crippen molar-refractivity contribution in [3.8, 4) is 6.07 Å². The van der Waals surface area contributed by atoms with Crippen LogP contribution in [0.5, 0.6) is 0 Å². The molecule has 1 rings (SSSR count). The van der Waals surface area contributed by atoms with Crippen LogP contribution < -0.4 is 5.73 Å². The van der Waals surface area contributed by atoms with Crippen LogP contribution in [0.3, 0.4) is 0 Å². The fourth-order valence-corrected chi connectivity index (χ4v) is 1.64. The Hall–Kier alpha value is -0.930. The first-order valence-electron chi connectivity index (χ1n) is 5.12. The normalized spacial score (nSPS) is 24.1. The number of likely N-dealkylation sites (tertiary alicyclic amines) is 1. The van der Waals surface area contributed by atoms with Gasteiger partial charge >= 0.3 is 0 Å². The van der Waals surface area contributed by atoms with Crippen LogP contribution in [-0.4, -0.2) is 35.4 Å². The smallest absolute Gasteiger partial charge is 0.268 e. The lowest BCUT2D eigenvalue weighted by Gasteiger charge is -2.24. The Kier molecular flexibility index (Phi) is 5.30. The van der Waals surface area contributed by atoms with E-state index < -0.39 is 36.9 Å². The van der Waals surface area contributed by atoms with E-state index in [9.17, 15) is 13.6 Å². The van der Waals surface area contributed by atoms with Crippen LogP contribution in [0.15, 0.2) is 0 Å². The quantitative estimate of drug-likeness (QED) is 0.816. The zero-order valence-corrected chi connectivity index (χ0v) is 10.5. The van der Waals surface area contributed by atoms with Gasteiger partial charge in [0, 0.05) is 6.42 Å². The second kappa shape index (κ2) is 5.61. The van der Waals surface area contributed by atoms with Gasteiger partial charge in [0.1, 0.15) is 6.04 Å². The van der Waals surface area contributed by atoms with Crippen molar-refractivity contribution in [3.05, 3.63) is 0 Å². The molecule has 0 aliphatic carbocycles. The monoisotopic (exact) mass is 267 g/mol. The van der Waals surface area contributed by atoms with E-state index in [-0.39, 0.29) is 18.3 Å². The van der Waals surface area contributed by atoms with Gasteiger partial charge in [0.25, 0.3) is 5.92 Å². The number of carbonyl (C=O) groups excluding carboxylic acids is 1. The zero-order chi connectivity index (χ0) is 12.5. The Morgan fingerprint density at radius 2 is 2.12 bits per heavy atom. The summed E-state index contributed by atoms with van der Waals surface area (Å²) in [6.07, 6.45) is -0.597. The van der Waals surface area contributed by atoms with E-state index in [0.29, 0.717) is 0 Å². The van der Waals surface area contributed by atoms with Crippen LogP contribution in [0.2, 0.25) is 0 Å². The Morgan fingerprint density at radius 1 is 1.59 bits per heavy atom. The van der Waals surface area contributed by atoms with E-state index >= 15 is 0 Å². The molecule has 1 saturated heterocycles. The van der Waals surface area contributed by atoms with E-state index in [1.165, 1.54) is 0 Å². The molecule has 1 fully saturated rings. The summed E-state index contributed by atoms with van der Waals surface area (Å²) in [5, 5.41) is 8.72. The largest absolute Gasteiger partial charge is 0.320 e. The van der Waals surface area contributed by atoms with Gasteiger partial charge in [-0.25, -0.2) is 8.78 Å². The van der Waals surface area contributed by atoms with Crippen molar-refractivity contribution in [2.24, 2.45) is 11.7 Å². The SMILES string of the molecule is CC(C)C(N)C(=O)N1CC(F)(F)C[C@H]1C#N.Cl. The fraction of sp³-hybridized carbons (Fsp3) is 0.800. The number of halogens is 3. The lowest BCUT2D eigenvalue weighted by atomic mass is 10.0. The Balaban J connectivity index is 0.00000256. The second-order valence-electron chi connectivity index (χ2n) is 4.44. The molecule has 1 heterocycles. The van der Waals surface area contributed by atoms with Gasteiger partial charge in [-0.2, -0.15) is 5.26 Å². The average Bonchev–Trinajstić information content (AvgIpc) is 2.51. The molecule has 2 atom stereocenters. The number of amides is 1. The number of hydrogen-bond donors (Lipinski definition) is 1. The summed E-state index contributed by atoms with van der Waals surface area (Å²) in [6, 6.07) is -0.178. The van der Waals surface area contributed by atoms with Crippen LogP contribution in [0.4, 0.5) is 8.78 Å². The van der Waals surface area contributed by atoms with Crippen molar-refractivity contribution in [3.63, 3.8) is 0 Å². The molecule has 0 aromatic rings. The molecule has 1 unspecified atom stereocenters. The highest BCUT2D eigenvalue weighted by Crippen LogP contribution is 2.32. The predicted molar refractivity (Wildman–Crippen MR) is 60.7 cm³/mol. The van der Waals surface area contributed by atoms with Gasteiger partial charge in [-0.3, -0.25) is 4.79 Å². The molecule has 7 heteroatoms. The molecule has 0 bridgehead atoms. The molecule has 0 spiro atoms. The van der Waals surface area contributed by atoms with Gasteiger partial charge in [0.2, 0.25) is 5.91 Å². The molecule has 0 saturated carbocycles. The number of nitrogens with two attached hydrogens (primary N) is 1. The van der Waals surface area contributed by atoms with E-state index in [0.717, 1.165) is 4.90 Å². The van der Waals surface area contributed by atoms with Crippen LogP contribution >= 0.6 is 12.4 Å². The molecular formula is C10H16ClF2N3O. The molecule has 98 valence electrons. The van der Waals surface area contributed by atoms with E-state index in [2.05, 4.69) is 0 Å². The molecule has 1 amide bonds. The van der Waals surface area contributed by atoms with Crippen LogP contribution in [0, 0.1) is 17.2 Å². The Morgan fingerprint density at radius 3 is 2.53 bits per heavy atom. The number of rotatable bonds is 2. The minimum atomic E-state index is -2.98. The summed E-state index contributed by atoms with van der Waals surface area (Å²) < 4.78 is 26.1. The summed E-state index contributed by atoms with van der Waals surface area (Å²) in [5.74, 6) is -3.69. The first-order valence-corrected chi connectivity index (χ1v) is 5.12. The van der Waals surface area contributed by atoms with E-state index in [4.69, 9.17) is 11.0 Å². The van der Waals surface area contributed by atoms with Gasteiger partial charge in [-0.1, -0.05) is 13.8 Å². The maximum Gasteiger partial charge on any atom is 0.268 e. The van der Waals surface area contributed by atoms with Crippen molar-refractivity contribution in [1.82, 2.24) is 4.90 Å². The lowest BCUT2D eigenvalue weighted by Crippen LogP contribution is -2.48. The molecule has 4 nitrogen and oxygen atoms in total. The minimum absolute atomic E-state index is 0. The number of carbonyl (C=O) groups is 1. The second-order valence-corrected chi connectivity index (χ2v) is 4.44. The number of hydrogen-bond acceptors (Lipinski definition) is 3. The summed E-state index contributed by atoms with van der Waals surface area (Å²) in [6.45, 7) is 2.76. The third kappa shape index (κ3) is 3.51. The van der Waals surface area contributed by atoms with E-state index in [1.54, 1.807) is 19.9 Å². The van der Waals surface area contributed by atoms with Gasteiger partial charge < -0.3 is 10.6 Å². The first kappa shape index (κ1) is 16.1. The minimum Gasteiger partial charge on any atom is -0.320 e. The maximum atomic E-state index is 13.1. The predicted octanol–water partition coefficient (Wildman–Crippen LogP) is 1.15. The van der Waals surface area contributed by atoms with Gasteiger partial charge in [-0.15, -0.1) is 12.4 Å². The molecule has 17 heavy (non-hydrogen) atoms.